The van der Waals surface area contributed by atoms with E-state index in [2.05, 4.69) is 24.1 Å². The molecule has 0 unspecified atom stereocenters. The number of aliphatic hydroxyl groups is 1. The zero-order valence-corrected chi connectivity index (χ0v) is 31.0. The number of hydrogen-bond donors (Lipinski definition) is 3. The number of carbonyl (C=O) groups is 5. The second kappa shape index (κ2) is 22.8. The highest BCUT2D eigenvalue weighted by Gasteiger charge is 2.51. The van der Waals surface area contributed by atoms with Gasteiger partial charge in [-0.1, -0.05) is 75.7 Å². The van der Waals surface area contributed by atoms with Crippen molar-refractivity contribution >= 4 is 29.6 Å². The number of Topliss-reactive ketones (excluding diaryl/α,β-unsaturated/α-hetero) is 1. The number of carboxylic acid groups (broad SMARTS) is 1. The van der Waals surface area contributed by atoms with Crippen LogP contribution in [-0.4, -0.2) is 58.1 Å². The fourth-order valence-electron chi connectivity index (χ4n) is 5.83. The molecule has 14 nitrogen and oxygen atoms in total. The number of ketones is 1. The first-order valence-electron chi connectivity index (χ1n) is 18.5. The van der Waals surface area contributed by atoms with Gasteiger partial charge < -0.3 is 38.6 Å². The molecule has 14 heteroatoms. The number of nitrogens with one attached hydrogen (secondary N) is 1. The molecule has 0 spiro atoms. The van der Waals surface area contributed by atoms with Gasteiger partial charge in [-0.25, -0.2) is 14.4 Å². The Morgan fingerprint density at radius 2 is 1.56 bits per heavy atom. The van der Waals surface area contributed by atoms with Gasteiger partial charge in [0.1, 0.15) is 24.2 Å². The van der Waals surface area contributed by atoms with E-state index >= 15 is 0 Å². The molecule has 1 aliphatic rings. The number of carbonyl (C=O) groups excluding carboxylic acids is 4. The van der Waals surface area contributed by atoms with Crippen LogP contribution in [-0.2, 0) is 53.1 Å². The molecule has 1 aromatic heterocycles. The lowest BCUT2D eigenvalue weighted by atomic mass is 9.82. The van der Waals surface area contributed by atoms with E-state index in [-0.39, 0.29) is 30.3 Å². The van der Waals surface area contributed by atoms with E-state index in [1.165, 1.54) is 12.5 Å². The summed E-state index contributed by atoms with van der Waals surface area (Å²) in [6.07, 6.45) is 11.6. The minimum atomic E-state index is -2.85. The van der Waals surface area contributed by atoms with E-state index in [1.807, 2.05) is 0 Å². The maximum atomic E-state index is 13.9. The summed E-state index contributed by atoms with van der Waals surface area (Å²) in [4.78, 5) is 76.4. The second-order valence-corrected chi connectivity index (χ2v) is 13.2. The number of allylic oxidation sites excluding steroid dienone is 1. The first-order chi connectivity index (χ1) is 26.0. The normalized spacial score (nSPS) is 16.9. The van der Waals surface area contributed by atoms with Crippen molar-refractivity contribution in [1.82, 2.24) is 5.32 Å². The van der Waals surface area contributed by atoms with Gasteiger partial charge in [-0.05, 0) is 50.3 Å². The number of hydrogen-bond acceptors (Lipinski definition) is 12. The lowest BCUT2D eigenvalue weighted by Crippen LogP contribution is -2.56. The predicted molar refractivity (Wildman–Crippen MR) is 194 cm³/mol. The average molecular weight is 754 g/mol. The number of aliphatic carboxylic acids is 1. The summed E-state index contributed by atoms with van der Waals surface area (Å²) < 4.78 is 25.5. The zero-order chi connectivity index (χ0) is 39.3. The number of benzene rings is 1. The highest BCUT2D eigenvalue weighted by atomic mass is 16.6. The summed E-state index contributed by atoms with van der Waals surface area (Å²) in [5, 5.41) is 24.2. The van der Waals surface area contributed by atoms with Gasteiger partial charge in [-0.15, -0.1) is 5.92 Å². The van der Waals surface area contributed by atoms with Crippen LogP contribution < -0.4 is 15.9 Å². The maximum absolute atomic E-state index is 13.9. The number of esters is 2. The first-order valence-corrected chi connectivity index (χ1v) is 18.5. The van der Waals surface area contributed by atoms with Crippen LogP contribution in [0.4, 0.5) is 0 Å². The molecule has 0 radical (unpaired) electrons. The maximum Gasteiger partial charge on any atom is 0.519 e. The number of amides is 1. The van der Waals surface area contributed by atoms with Gasteiger partial charge in [-0.2, -0.15) is 0 Å². The topological polar surface area (TPSA) is 209 Å². The summed E-state index contributed by atoms with van der Waals surface area (Å²) in [7, 11) is 0. The van der Waals surface area contributed by atoms with Gasteiger partial charge in [0, 0.05) is 19.3 Å². The molecule has 2 heterocycles. The van der Waals surface area contributed by atoms with Gasteiger partial charge in [0.15, 0.2) is 30.3 Å². The van der Waals surface area contributed by atoms with Crippen molar-refractivity contribution in [1.29, 1.82) is 0 Å². The molecule has 54 heavy (non-hydrogen) atoms. The first kappa shape index (κ1) is 43.2. The Hall–Kier alpha value is -5.16. The van der Waals surface area contributed by atoms with Crippen molar-refractivity contribution in [2.24, 2.45) is 5.92 Å². The number of rotatable bonds is 22. The van der Waals surface area contributed by atoms with Gasteiger partial charge in [0.2, 0.25) is 5.91 Å². The Labute approximate surface area is 314 Å². The van der Waals surface area contributed by atoms with Crippen molar-refractivity contribution in [3.63, 3.8) is 0 Å². The Bertz CT molecular complexity index is 1690. The third-order valence-corrected chi connectivity index (χ3v) is 8.92. The predicted octanol–water partition coefficient (Wildman–Crippen LogP) is 5.11. The highest BCUT2D eigenvalue weighted by molar-refractivity contribution is 5.95. The lowest BCUT2D eigenvalue weighted by Gasteiger charge is -2.32. The molecule has 1 aliphatic heterocycles. The second-order valence-electron chi connectivity index (χ2n) is 13.2. The molecule has 3 rings (SSSR count). The Balaban J connectivity index is 1.72. The molecule has 0 saturated heterocycles. The van der Waals surface area contributed by atoms with Crippen LogP contribution in [0.1, 0.15) is 114 Å². The molecule has 0 saturated carbocycles. The third-order valence-electron chi connectivity index (χ3n) is 8.92. The molecule has 2 aromatic rings. The average Bonchev–Trinajstić information content (AvgIpc) is 3.50. The van der Waals surface area contributed by atoms with Crippen LogP contribution >= 0.6 is 0 Å². The minimum absolute atomic E-state index is 0.166. The van der Waals surface area contributed by atoms with E-state index in [1.54, 1.807) is 37.3 Å². The van der Waals surface area contributed by atoms with Crippen LogP contribution in [0.25, 0.3) is 0 Å². The SMILES string of the molecule is CC#CCOc1ccc(C[C@H](NC(=O)[C@@H](C=CCCCCCCC(=O)CCCCCCC)[C@@]2(O)CC(=O)OCc3oc(=O)oc3COC2=O)C(=O)O)cc1. The van der Waals surface area contributed by atoms with Crippen molar-refractivity contribution in [2.45, 2.75) is 129 Å². The van der Waals surface area contributed by atoms with Crippen molar-refractivity contribution in [3.05, 3.63) is 64.1 Å². The number of ether oxygens (including phenoxy) is 3. The van der Waals surface area contributed by atoms with E-state index in [4.69, 9.17) is 23.0 Å². The third kappa shape index (κ3) is 14.3. The van der Waals surface area contributed by atoms with Gasteiger partial charge in [-0.3, -0.25) is 14.4 Å². The van der Waals surface area contributed by atoms with E-state index in [0.717, 1.165) is 44.9 Å². The fourth-order valence-corrected chi connectivity index (χ4v) is 5.83. The molecule has 0 bridgehead atoms. The monoisotopic (exact) mass is 753 g/mol. The molecule has 3 N–H and O–H groups in total. The number of unbranched alkanes of at least 4 members (excludes halogenated alkanes) is 8. The summed E-state index contributed by atoms with van der Waals surface area (Å²) in [5.41, 5.74) is -2.31. The quantitative estimate of drug-likeness (QED) is 0.0619. The number of fused-ring (bicyclic) bond motifs is 1. The number of cyclic esters (lactones) is 2. The van der Waals surface area contributed by atoms with Crippen LogP contribution in [0.15, 0.2) is 50.0 Å². The Kier molecular flexibility index (Phi) is 18.3. The van der Waals surface area contributed by atoms with E-state index in [0.29, 0.717) is 37.0 Å². The molecule has 0 aliphatic carbocycles. The number of carboxylic acids is 1. The summed E-state index contributed by atoms with van der Waals surface area (Å²) >= 11 is 0. The van der Waals surface area contributed by atoms with Crippen LogP contribution in [0.5, 0.6) is 5.75 Å². The highest BCUT2D eigenvalue weighted by Crippen LogP contribution is 2.29. The molecular weight excluding hydrogens is 702 g/mol. The molecule has 1 aromatic carbocycles. The summed E-state index contributed by atoms with van der Waals surface area (Å²) in [6.45, 7) is 2.76. The summed E-state index contributed by atoms with van der Waals surface area (Å²) in [6, 6.07) is 5.01. The molecule has 1 amide bonds. The van der Waals surface area contributed by atoms with Gasteiger partial charge >= 0.3 is 23.7 Å². The molecule has 294 valence electrons. The van der Waals surface area contributed by atoms with Crippen molar-refractivity contribution < 1.29 is 57.2 Å². The van der Waals surface area contributed by atoms with E-state index < -0.39 is 66.8 Å². The molecular formula is C40H51NO13. The standard InChI is InChI=1S/C40H51NO13/c1-3-5-7-10-13-16-29(42)17-14-11-8-9-12-15-18-31(40(49)25-35(43)51-26-33-34(27-52-38(40)47)54-39(48)53-33)36(44)41-32(37(45)46)24-28-19-21-30(22-20-28)50-23-6-4-2/h15,18-22,31-32,49H,3,5,7-14,16-17,23-27H2,1-2H3,(H,41,44)(H,45,46)/t31-,32+,40+/m1/s1. The van der Waals surface area contributed by atoms with Gasteiger partial charge in [0.05, 0.1) is 12.3 Å². The van der Waals surface area contributed by atoms with Crippen LogP contribution in [0.3, 0.4) is 0 Å². The zero-order valence-electron chi connectivity index (χ0n) is 31.0. The van der Waals surface area contributed by atoms with Crippen LogP contribution in [0.2, 0.25) is 0 Å². The molecule has 0 fully saturated rings. The lowest BCUT2D eigenvalue weighted by molar-refractivity contribution is -0.181. The van der Waals surface area contributed by atoms with Crippen molar-refractivity contribution in [2.75, 3.05) is 6.61 Å². The fraction of sp³-hybridized carbons (Fsp3) is 0.550. The Morgan fingerprint density at radius 1 is 0.926 bits per heavy atom. The van der Waals surface area contributed by atoms with Gasteiger partial charge in [0.25, 0.3) is 0 Å². The van der Waals surface area contributed by atoms with Crippen LogP contribution in [0, 0.1) is 17.8 Å². The van der Waals surface area contributed by atoms with Crippen molar-refractivity contribution in [3.8, 4) is 17.6 Å². The summed E-state index contributed by atoms with van der Waals surface area (Å²) in [5.74, 6) is -2.11. The minimum Gasteiger partial charge on any atom is -0.481 e. The Morgan fingerprint density at radius 3 is 2.19 bits per heavy atom. The largest absolute Gasteiger partial charge is 0.519 e. The smallest absolute Gasteiger partial charge is 0.481 e. The molecule has 3 atom stereocenters. The van der Waals surface area contributed by atoms with E-state index in [9.17, 15) is 39.0 Å².